The van der Waals surface area contributed by atoms with Crippen LogP contribution in [0.4, 0.5) is 0 Å². The van der Waals surface area contributed by atoms with Crippen molar-refractivity contribution in [2.24, 2.45) is 0 Å². The van der Waals surface area contributed by atoms with E-state index in [1.54, 1.807) is 31.4 Å². The Morgan fingerprint density at radius 1 is 1.03 bits per heavy atom. The second-order valence-electron chi connectivity index (χ2n) is 7.26. The van der Waals surface area contributed by atoms with Crippen LogP contribution < -0.4 is 4.74 Å². The molecule has 1 saturated heterocycles. The Hall–Kier alpha value is -2.38. The Morgan fingerprint density at radius 3 is 2.38 bits per heavy atom. The topological polar surface area (TPSA) is 72.9 Å². The van der Waals surface area contributed by atoms with Gasteiger partial charge in [-0.1, -0.05) is 30.2 Å². The summed E-state index contributed by atoms with van der Waals surface area (Å²) in [6, 6.07) is 12.2. The van der Waals surface area contributed by atoms with Gasteiger partial charge in [0.1, 0.15) is 12.4 Å². The van der Waals surface area contributed by atoms with Crippen molar-refractivity contribution in [3.63, 3.8) is 0 Å². The number of piperidine rings is 1. The lowest BCUT2D eigenvalue weighted by molar-refractivity contribution is -0.144. The van der Waals surface area contributed by atoms with Gasteiger partial charge in [0.25, 0.3) is 0 Å². The number of methoxy groups -OCH3 is 1. The SMILES string of the molecule is COc1ccc(C)cc1COC(=O)Cc1ccc(S(=O)(=O)N2CCCCC2)cc1. The van der Waals surface area contributed by atoms with Crippen LogP contribution in [0, 0.1) is 6.92 Å². The minimum absolute atomic E-state index is 0.0815. The molecule has 0 atom stereocenters. The molecule has 0 amide bonds. The van der Waals surface area contributed by atoms with E-state index in [2.05, 4.69) is 0 Å². The van der Waals surface area contributed by atoms with E-state index >= 15 is 0 Å². The number of esters is 1. The first-order valence-corrected chi connectivity index (χ1v) is 11.2. The number of carbonyl (C=O) groups is 1. The molecule has 6 nitrogen and oxygen atoms in total. The molecule has 1 fully saturated rings. The molecular formula is C22H27NO5S. The van der Waals surface area contributed by atoms with Crippen LogP contribution in [0.1, 0.15) is 36.0 Å². The summed E-state index contributed by atoms with van der Waals surface area (Å²) in [4.78, 5) is 12.5. The van der Waals surface area contributed by atoms with Crippen molar-refractivity contribution in [2.45, 2.75) is 44.1 Å². The molecule has 0 unspecified atom stereocenters. The van der Waals surface area contributed by atoms with Gasteiger partial charge < -0.3 is 9.47 Å². The first-order valence-electron chi connectivity index (χ1n) is 9.78. The molecule has 3 rings (SSSR count). The zero-order chi connectivity index (χ0) is 20.9. The maximum atomic E-state index is 12.7. The average Bonchev–Trinajstić information content (AvgIpc) is 2.73. The van der Waals surface area contributed by atoms with Crippen molar-refractivity contribution in [1.82, 2.24) is 4.31 Å². The second-order valence-corrected chi connectivity index (χ2v) is 9.20. The fourth-order valence-electron chi connectivity index (χ4n) is 3.43. The molecule has 0 spiro atoms. The second kappa shape index (κ2) is 9.41. The van der Waals surface area contributed by atoms with E-state index in [1.165, 1.54) is 4.31 Å². The molecule has 1 heterocycles. The predicted molar refractivity (Wildman–Crippen MR) is 110 cm³/mol. The Morgan fingerprint density at radius 2 is 1.72 bits per heavy atom. The van der Waals surface area contributed by atoms with Gasteiger partial charge in [0.15, 0.2) is 0 Å². The van der Waals surface area contributed by atoms with Gasteiger partial charge in [0.2, 0.25) is 10.0 Å². The molecule has 0 aromatic heterocycles. The van der Waals surface area contributed by atoms with Crippen molar-refractivity contribution in [2.75, 3.05) is 20.2 Å². The van der Waals surface area contributed by atoms with Gasteiger partial charge in [-0.05, 0) is 49.6 Å². The van der Waals surface area contributed by atoms with E-state index in [0.717, 1.165) is 30.4 Å². The fourth-order valence-corrected chi connectivity index (χ4v) is 4.95. The zero-order valence-electron chi connectivity index (χ0n) is 16.9. The van der Waals surface area contributed by atoms with Crippen LogP contribution in [0.5, 0.6) is 5.75 Å². The molecule has 0 bridgehead atoms. The molecule has 29 heavy (non-hydrogen) atoms. The number of hydrogen-bond acceptors (Lipinski definition) is 5. The van der Waals surface area contributed by atoms with E-state index in [-0.39, 0.29) is 23.9 Å². The maximum absolute atomic E-state index is 12.7. The molecule has 2 aromatic rings. The third kappa shape index (κ3) is 5.36. The van der Waals surface area contributed by atoms with E-state index in [9.17, 15) is 13.2 Å². The van der Waals surface area contributed by atoms with Crippen molar-refractivity contribution < 1.29 is 22.7 Å². The van der Waals surface area contributed by atoms with Gasteiger partial charge in [0.05, 0.1) is 18.4 Å². The molecule has 2 aromatic carbocycles. The van der Waals surface area contributed by atoms with Crippen molar-refractivity contribution in [3.8, 4) is 5.75 Å². The highest BCUT2D eigenvalue weighted by molar-refractivity contribution is 7.89. The van der Waals surface area contributed by atoms with E-state index in [0.29, 0.717) is 24.4 Å². The summed E-state index contributed by atoms with van der Waals surface area (Å²) in [7, 11) is -1.88. The number of carbonyl (C=O) groups excluding carboxylic acids is 1. The Balaban J connectivity index is 1.59. The standard InChI is InChI=1S/C22H27NO5S/c1-17-6-11-21(27-2)19(14-17)16-28-22(24)15-18-7-9-20(10-8-18)29(25,26)23-12-4-3-5-13-23/h6-11,14H,3-5,12-13,15-16H2,1-2H3. The van der Waals surface area contributed by atoms with Crippen LogP contribution in [-0.2, 0) is 32.6 Å². The summed E-state index contributed by atoms with van der Waals surface area (Å²) in [5.74, 6) is 0.302. The Labute approximate surface area is 172 Å². The van der Waals surface area contributed by atoms with Gasteiger partial charge in [-0.2, -0.15) is 4.31 Å². The molecule has 0 saturated carbocycles. The van der Waals surface area contributed by atoms with Gasteiger partial charge in [0, 0.05) is 18.7 Å². The zero-order valence-corrected chi connectivity index (χ0v) is 17.7. The van der Waals surface area contributed by atoms with E-state index in [1.807, 2.05) is 25.1 Å². The minimum Gasteiger partial charge on any atom is -0.496 e. The fraction of sp³-hybridized carbons (Fsp3) is 0.409. The number of ether oxygens (including phenoxy) is 2. The lowest BCUT2D eigenvalue weighted by Crippen LogP contribution is -2.35. The lowest BCUT2D eigenvalue weighted by Gasteiger charge is -2.25. The van der Waals surface area contributed by atoms with Crippen molar-refractivity contribution in [1.29, 1.82) is 0 Å². The summed E-state index contributed by atoms with van der Waals surface area (Å²) in [5, 5.41) is 0. The van der Waals surface area contributed by atoms with Gasteiger partial charge in [-0.25, -0.2) is 8.42 Å². The monoisotopic (exact) mass is 417 g/mol. The summed E-state index contributed by atoms with van der Waals surface area (Å²) in [6.07, 6.45) is 2.95. The highest BCUT2D eigenvalue weighted by Crippen LogP contribution is 2.22. The van der Waals surface area contributed by atoms with Crippen molar-refractivity contribution >= 4 is 16.0 Å². The molecule has 0 aliphatic carbocycles. The number of benzene rings is 2. The Kier molecular flexibility index (Phi) is 6.92. The summed E-state index contributed by atoms with van der Waals surface area (Å²) >= 11 is 0. The summed E-state index contributed by atoms with van der Waals surface area (Å²) in [5.41, 5.74) is 2.58. The van der Waals surface area contributed by atoms with Crippen LogP contribution in [0.15, 0.2) is 47.4 Å². The van der Waals surface area contributed by atoms with Gasteiger partial charge in [-0.15, -0.1) is 0 Å². The highest BCUT2D eigenvalue weighted by atomic mass is 32.2. The van der Waals surface area contributed by atoms with Crippen molar-refractivity contribution in [3.05, 3.63) is 59.2 Å². The third-order valence-electron chi connectivity index (χ3n) is 5.05. The van der Waals surface area contributed by atoms with Crippen LogP contribution in [0.25, 0.3) is 0 Å². The number of aryl methyl sites for hydroxylation is 1. The number of sulfonamides is 1. The third-order valence-corrected chi connectivity index (χ3v) is 6.96. The molecule has 7 heteroatoms. The number of rotatable bonds is 7. The molecule has 0 N–H and O–H groups in total. The first-order chi connectivity index (χ1) is 13.9. The minimum atomic E-state index is -3.46. The van der Waals surface area contributed by atoms with E-state index < -0.39 is 10.0 Å². The number of nitrogens with zero attached hydrogens (tertiary/aromatic N) is 1. The van der Waals surface area contributed by atoms with Crippen LogP contribution in [-0.4, -0.2) is 38.9 Å². The largest absolute Gasteiger partial charge is 0.496 e. The lowest BCUT2D eigenvalue weighted by atomic mass is 10.1. The number of hydrogen-bond donors (Lipinski definition) is 0. The van der Waals surface area contributed by atoms with Gasteiger partial charge in [-0.3, -0.25) is 4.79 Å². The van der Waals surface area contributed by atoms with Crippen LogP contribution >= 0.6 is 0 Å². The quantitative estimate of drug-likeness (QED) is 0.645. The molecular weight excluding hydrogens is 390 g/mol. The van der Waals surface area contributed by atoms with E-state index in [4.69, 9.17) is 9.47 Å². The average molecular weight is 418 g/mol. The molecule has 1 aliphatic heterocycles. The Bertz CT molecular complexity index is 948. The molecule has 0 radical (unpaired) electrons. The molecule has 1 aliphatic rings. The highest BCUT2D eigenvalue weighted by Gasteiger charge is 2.25. The predicted octanol–water partition coefficient (Wildman–Crippen LogP) is 3.46. The first kappa shape index (κ1) is 21.3. The smallest absolute Gasteiger partial charge is 0.310 e. The normalized spacial score (nSPS) is 15.1. The van der Waals surface area contributed by atoms with Crippen LogP contribution in [0.3, 0.4) is 0 Å². The summed E-state index contributed by atoms with van der Waals surface area (Å²) < 4.78 is 37.6. The van der Waals surface area contributed by atoms with Gasteiger partial charge >= 0.3 is 5.97 Å². The summed E-state index contributed by atoms with van der Waals surface area (Å²) in [6.45, 7) is 3.23. The van der Waals surface area contributed by atoms with Crippen LogP contribution in [0.2, 0.25) is 0 Å². The maximum Gasteiger partial charge on any atom is 0.310 e. The molecule has 156 valence electrons.